The summed E-state index contributed by atoms with van der Waals surface area (Å²) in [5.41, 5.74) is 1.37. The second kappa shape index (κ2) is 7.54. The van der Waals surface area contributed by atoms with Gasteiger partial charge < -0.3 is 4.74 Å². The number of nitrogens with zero attached hydrogens (tertiary/aromatic N) is 1. The highest BCUT2D eigenvalue weighted by atomic mass is 16.5. The molecule has 2 aromatic carbocycles. The molecule has 1 aliphatic rings. The lowest BCUT2D eigenvalue weighted by atomic mass is 10.1. The zero-order valence-electron chi connectivity index (χ0n) is 12.9. The number of ether oxygens (including phenoxy) is 1. The monoisotopic (exact) mass is 305 g/mol. The van der Waals surface area contributed by atoms with Gasteiger partial charge in [-0.2, -0.15) is 4.99 Å². The molecule has 0 saturated heterocycles. The Bertz CT molecular complexity index is 705. The van der Waals surface area contributed by atoms with Crippen LogP contribution in [-0.4, -0.2) is 17.9 Å². The lowest BCUT2D eigenvalue weighted by molar-refractivity contribution is 0.0997. The van der Waals surface area contributed by atoms with Gasteiger partial charge in [0.1, 0.15) is 6.10 Å². The van der Waals surface area contributed by atoms with E-state index in [0.717, 1.165) is 24.8 Å². The van der Waals surface area contributed by atoms with Gasteiger partial charge in [-0.15, -0.1) is 0 Å². The van der Waals surface area contributed by atoms with E-state index in [2.05, 4.69) is 17.1 Å². The molecule has 116 valence electrons. The van der Waals surface area contributed by atoms with E-state index in [9.17, 15) is 4.79 Å². The van der Waals surface area contributed by atoms with E-state index >= 15 is 0 Å². The fourth-order valence-electron chi connectivity index (χ4n) is 2.50. The molecule has 1 aliphatic carbocycles. The first kappa shape index (κ1) is 15.2. The van der Waals surface area contributed by atoms with Crippen LogP contribution in [0.15, 0.2) is 77.8 Å². The second-order valence-corrected chi connectivity index (χ2v) is 5.47. The van der Waals surface area contributed by atoms with Crippen LogP contribution in [0.25, 0.3) is 0 Å². The average molecular weight is 305 g/mol. The van der Waals surface area contributed by atoms with E-state index in [0.29, 0.717) is 11.5 Å². The predicted molar refractivity (Wildman–Crippen MR) is 91.6 cm³/mol. The standard InChI is InChI=1S/C20H19NO2/c22-19(16-10-4-1-5-11-16)21-20(17-12-6-2-7-13-17)23-18-14-8-3-9-15-18/h1-2,4-8,10-14,18H,3,9,15H2. The molecule has 0 N–H and O–H groups in total. The Morgan fingerprint density at radius 3 is 2.22 bits per heavy atom. The Balaban J connectivity index is 1.88. The summed E-state index contributed by atoms with van der Waals surface area (Å²) in [5, 5.41) is 0. The van der Waals surface area contributed by atoms with Gasteiger partial charge in [-0.25, -0.2) is 0 Å². The quantitative estimate of drug-likeness (QED) is 0.479. The minimum atomic E-state index is -0.288. The molecular weight excluding hydrogens is 286 g/mol. The topological polar surface area (TPSA) is 38.7 Å². The van der Waals surface area contributed by atoms with Gasteiger partial charge in [0.15, 0.2) is 0 Å². The molecule has 0 fully saturated rings. The van der Waals surface area contributed by atoms with Crippen LogP contribution >= 0.6 is 0 Å². The van der Waals surface area contributed by atoms with E-state index in [-0.39, 0.29) is 12.0 Å². The fraction of sp³-hybridized carbons (Fsp3) is 0.200. The zero-order valence-corrected chi connectivity index (χ0v) is 12.9. The number of amides is 1. The first-order chi connectivity index (χ1) is 11.3. The van der Waals surface area contributed by atoms with Crippen LogP contribution in [-0.2, 0) is 4.74 Å². The van der Waals surface area contributed by atoms with Crippen LogP contribution in [0.5, 0.6) is 0 Å². The van der Waals surface area contributed by atoms with Crippen molar-refractivity contribution < 1.29 is 9.53 Å². The Morgan fingerprint density at radius 1 is 0.957 bits per heavy atom. The summed E-state index contributed by atoms with van der Waals surface area (Å²) in [7, 11) is 0. The first-order valence-corrected chi connectivity index (χ1v) is 7.90. The number of aliphatic imine (C=N–C) groups is 1. The van der Waals surface area contributed by atoms with Crippen molar-refractivity contribution in [1.82, 2.24) is 0 Å². The van der Waals surface area contributed by atoms with E-state index in [1.165, 1.54) is 0 Å². The lowest BCUT2D eigenvalue weighted by Gasteiger charge is -2.19. The van der Waals surface area contributed by atoms with E-state index in [1.54, 1.807) is 12.1 Å². The molecule has 0 aliphatic heterocycles. The van der Waals surface area contributed by atoms with Gasteiger partial charge in [0.05, 0.1) is 0 Å². The van der Waals surface area contributed by atoms with E-state index in [1.807, 2.05) is 48.5 Å². The van der Waals surface area contributed by atoms with Gasteiger partial charge >= 0.3 is 0 Å². The summed E-state index contributed by atoms with van der Waals surface area (Å²) in [5.74, 6) is 0.0974. The minimum absolute atomic E-state index is 0.0220. The molecule has 3 rings (SSSR count). The molecule has 1 amide bonds. The summed E-state index contributed by atoms with van der Waals surface area (Å²) >= 11 is 0. The van der Waals surface area contributed by atoms with Crippen molar-refractivity contribution in [3.63, 3.8) is 0 Å². The minimum Gasteiger partial charge on any atom is -0.470 e. The molecule has 0 bridgehead atoms. The normalized spacial score (nSPS) is 17.7. The number of hydrogen-bond donors (Lipinski definition) is 0. The number of carbonyl (C=O) groups is 1. The van der Waals surface area contributed by atoms with Crippen LogP contribution in [0.1, 0.15) is 35.2 Å². The van der Waals surface area contributed by atoms with Crippen LogP contribution < -0.4 is 0 Å². The third kappa shape index (κ3) is 4.16. The molecule has 0 aromatic heterocycles. The van der Waals surface area contributed by atoms with Crippen LogP contribution in [0.2, 0.25) is 0 Å². The summed E-state index contributed by atoms with van der Waals surface area (Å²) < 4.78 is 6.01. The van der Waals surface area contributed by atoms with Crippen LogP contribution in [0, 0.1) is 0 Å². The highest BCUT2D eigenvalue weighted by Crippen LogP contribution is 2.16. The smallest absolute Gasteiger partial charge is 0.280 e. The molecular formula is C20H19NO2. The molecule has 0 spiro atoms. The van der Waals surface area contributed by atoms with Crippen molar-refractivity contribution in [2.45, 2.75) is 25.4 Å². The Labute approximate surface area is 136 Å². The fourth-order valence-corrected chi connectivity index (χ4v) is 2.50. The summed E-state index contributed by atoms with van der Waals surface area (Å²) in [4.78, 5) is 16.6. The Hall–Kier alpha value is -2.68. The average Bonchev–Trinajstić information content (AvgIpc) is 2.63. The molecule has 3 nitrogen and oxygen atoms in total. The van der Waals surface area contributed by atoms with Crippen LogP contribution in [0.3, 0.4) is 0 Å². The maximum absolute atomic E-state index is 12.4. The van der Waals surface area contributed by atoms with Gasteiger partial charge in [0.2, 0.25) is 5.90 Å². The third-order valence-electron chi connectivity index (χ3n) is 3.72. The van der Waals surface area contributed by atoms with E-state index in [4.69, 9.17) is 4.74 Å². The van der Waals surface area contributed by atoms with Gasteiger partial charge in [-0.3, -0.25) is 4.79 Å². The SMILES string of the molecule is O=C(N=C(OC1C=CCCC1)c1ccccc1)c1ccccc1. The van der Waals surface area contributed by atoms with Gasteiger partial charge in [0.25, 0.3) is 5.91 Å². The largest absolute Gasteiger partial charge is 0.470 e. The first-order valence-electron chi connectivity index (χ1n) is 7.90. The van der Waals surface area contributed by atoms with Crippen molar-refractivity contribution in [2.75, 3.05) is 0 Å². The highest BCUT2D eigenvalue weighted by Gasteiger charge is 2.16. The number of rotatable bonds is 3. The van der Waals surface area contributed by atoms with Crippen molar-refractivity contribution in [1.29, 1.82) is 0 Å². The predicted octanol–water partition coefficient (Wildman–Crippen LogP) is 4.40. The van der Waals surface area contributed by atoms with Gasteiger partial charge in [0, 0.05) is 11.1 Å². The van der Waals surface area contributed by atoms with Crippen molar-refractivity contribution >= 4 is 11.8 Å². The Kier molecular flexibility index (Phi) is 4.99. The molecule has 2 aromatic rings. The maximum Gasteiger partial charge on any atom is 0.280 e. The summed E-state index contributed by atoms with van der Waals surface area (Å²) in [6.45, 7) is 0. The molecule has 0 saturated carbocycles. The molecule has 1 atom stereocenters. The third-order valence-corrected chi connectivity index (χ3v) is 3.72. The van der Waals surface area contributed by atoms with Crippen molar-refractivity contribution in [3.8, 4) is 0 Å². The van der Waals surface area contributed by atoms with Crippen LogP contribution in [0.4, 0.5) is 0 Å². The van der Waals surface area contributed by atoms with Gasteiger partial charge in [-0.1, -0.05) is 42.5 Å². The zero-order chi connectivity index (χ0) is 15.9. The van der Waals surface area contributed by atoms with E-state index < -0.39 is 0 Å². The number of hydrogen-bond acceptors (Lipinski definition) is 2. The molecule has 0 heterocycles. The summed E-state index contributed by atoms with van der Waals surface area (Å²) in [6.07, 6.45) is 7.27. The van der Waals surface area contributed by atoms with Gasteiger partial charge in [-0.05, 0) is 49.6 Å². The maximum atomic E-state index is 12.4. The summed E-state index contributed by atoms with van der Waals surface area (Å²) in [6, 6.07) is 18.6. The molecule has 23 heavy (non-hydrogen) atoms. The van der Waals surface area contributed by atoms with Crippen molar-refractivity contribution in [2.24, 2.45) is 4.99 Å². The molecule has 0 radical (unpaired) electrons. The van der Waals surface area contributed by atoms with Crippen molar-refractivity contribution in [3.05, 3.63) is 83.9 Å². The number of benzene rings is 2. The Morgan fingerprint density at radius 2 is 1.61 bits per heavy atom. The highest BCUT2D eigenvalue weighted by molar-refractivity contribution is 6.07. The second-order valence-electron chi connectivity index (χ2n) is 5.47. The number of carbonyl (C=O) groups excluding carboxylic acids is 1. The number of allylic oxidation sites excluding steroid dienone is 1. The molecule has 1 unspecified atom stereocenters. The lowest BCUT2D eigenvalue weighted by Crippen LogP contribution is -2.20. The molecule has 3 heteroatoms.